The van der Waals surface area contributed by atoms with Gasteiger partial charge in [0.15, 0.2) is 0 Å². The maximum absolute atomic E-state index is 3.61. The van der Waals surface area contributed by atoms with Gasteiger partial charge < -0.3 is 0 Å². The van der Waals surface area contributed by atoms with E-state index < -0.39 is 0 Å². The van der Waals surface area contributed by atoms with E-state index in [0.29, 0.717) is 25.3 Å². The maximum atomic E-state index is 3.61. The minimum absolute atomic E-state index is 0.455. The van der Waals surface area contributed by atoms with Crippen LogP contribution >= 0.6 is 15.9 Å². The zero-order valence-electron chi connectivity index (χ0n) is 15.1. The molecule has 1 aliphatic carbocycles. The van der Waals surface area contributed by atoms with Gasteiger partial charge in [-0.3, -0.25) is 0 Å². The molecule has 0 bridgehead atoms. The van der Waals surface area contributed by atoms with E-state index in [9.17, 15) is 0 Å². The van der Waals surface area contributed by atoms with Crippen molar-refractivity contribution in [1.29, 1.82) is 0 Å². The number of fused-ring (bicyclic) bond motifs is 1. The second-order valence-electron chi connectivity index (χ2n) is 7.64. The molecule has 1 heterocycles. The third-order valence-electron chi connectivity index (χ3n) is 5.84. The number of halogens is 1. The van der Waals surface area contributed by atoms with Crippen LogP contribution in [0.4, 0.5) is 0 Å². The van der Waals surface area contributed by atoms with Crippen molar-refractivity contribution >= 4 is 35.3 Å². The van der Waals surface area contributed by atoms with Gasteiger partial charge in [-0.2, -0.15) is 0 Å². The van der Waals surface area contributed by atoms with Gasteiger partial charge in [-0.1, -0.05) is 0 Å². The van der Waals surface area contributed by atoms with Gasteiger partial charge in [0.1, 0.15) is 0 Å². The summed E-state index contributed by atoms with van der Waals surface area (Å²) in [5.74, 6) is 0.843. The van der Waals surface area contributed by atoms with Crippen LogP contribution in [0.3, 0.4) is 0 Å². The standard InChI is InChI=1S/C24H22BrNSe/c25-21-13-11-19(12-14-21)23-24(27-22-9-5-2-6-10-22)15-20(24)17-26(23)16-18-7-3-1-4-8-18/h1-14,20,23H,15-17H2/t20-,23-,24+/m0/s1. The summed E-state index contributed by atoms with van der Waals surface area (Å²) >= 11 is 4.11. The fraction of sp³-hybridized carbons (Fsp3) is 0.250. The summed E-state index contributed by atoms with van der Waals surface area (Å²) in [4.78, 5) is 2.73. The molecule has 0 aromatic heterocycles. The molecule has 0 spiro atoms. The molecule has 1 aliphatic heterocycles. The van der Waals surface area contributed by atoms with Gasteiger partial charge in [0.25, 0.3) is 0 Å². The molecule has 136 valence electrons. The van der Waals surface area contributed by atoms with Gasteiger partial charge in [0.05, 0.1) is 0 Å². The van der Waals surface area contributed by atoms with Crippen molar-refractivity contribution in [3.63, 3.8) is 0 Å². The number of benzene rings is 3. The third kappa shape index (κ3) is 3.43. The van der Waals surface area contributed by atoms with Crippen LogP contribution in [0.15, 0.2) is 89.4 Å². The molecule has 3 aromatic carbocycles. The number of likely N-dealkylation sites (tertiary alicyclic amines) is 1. The molecule has 1 nitrogen and oxygen atoms in total. The van der Waals surface area contributed by atoms with Gasteiger partial charge in [0.2, 0.25) is 0 Å². The van der Waals surface area contributed by atoms with Gasteiger partial charge >= 0.3 is 177 Å². The van der Waals surface area contributed by atoms with Crippen molar-refractivity contribution in [3.05, 3.63) is 101 Å². The second kappa shape index (κ2) is 7.22. The molecule has 3 atom stereocenters. The van der Waals surface area contributed by atoms with Gasteiger partial charge in [-0.15, -0.1) is 0 Å². The normalized spacial score (nSPS) is 26.7. The van der Waals surface area contributed by atoms with Crippen LogP contribution in [-0.4, -0.2) is 26.4 Å². The van der Waals surface area contributed by atoms with Crippen LogP contribution in [0.1, 0.15) is 23.6 Å². The summed E-state index contributed by atoms with van der Waals surface area (Å²) in [6.07, 6.45) is 1.38. The zero-order chi connectivity index (χ0) is 18.3. The summed E-state index contributed by atoms with van der Waals surface area (Å²) in [5, 5.41) is 0. The molecule has 1 saturated carbocycles. The first kappa shape index (κ1) is 17.7. The molecule has 5 rings (SSSR count). The first-order valence-electron chi connectivity index (χ1n) is 9.52. The van der Waals surface area contributed by atoms with Crippen LogP contribution in [0.2, 0.25) is 4.31 Å². The van der Waals surface area contributed by atoms with Crippen molar-refractivity contribution in [2.75, 3.05) is 6.54 Å². The van der Waals surface area contributed by atoms with E-state index in [4.69, 9.17) is 0 Å². The van der Waals surface area contributed by atoms with Crippen molar-refractivity contribution in [2.24, 2.45) is 5.92 Å². The summed E-state index contributed by atoms with van der Waals surface area (Å²) in [6.45, 7) is 2.27. The SMILES string of the molecule is Brc1ccc([C@@H]2N(Cc3ccccc3)C[C@@H]3C[C@@]32[Se]c2ccccc2)cc1. The van der Waals surface area contributed by atoms with E-state index in [2.05, 4.69) is 106 Å². The van der Waals surface area contributed by atoms with E-state index in [1.54, 1.807) is 0 Å². The molecule has 27 heavy (non-hydrogen) atoms. The van der Waals surface area contributed by atoms with E-state index in [-0.39, 0.29) is 0 Å². The molecule has 2 fully saturated rings. The second-order valence-corrected chi connectivity index (χ2v) is 11.6. The number of hydrogen-bond acceptors (Lipinski definition) is 1. The summed E-state index contributed by atoms with van der Waals surface area (Å²) in [6, 6.07) is 31.7. The van der Waals surface area contributed by atoms with E-state index >= 15 is 0 Å². The molecule has 0 N–H and O–H groups in total. The number of rotatable bonds is 5. The Labute approximate surface area is 176 Å². The Morgan fingerprint density at radius 1 is 0.889 bits per heavy atom. The zero-order valence-corrected chi connectivity index (χ0v) is 18.4. The molecule has 1 saturated heterocycles. The first-order valence-corrected chi connectivity index (χ1v) is 12.0. The third-order valence-corrected chi connectivity index (χ3v) is 9.75. The van der Waals surface area contributed by atoms with Crippen LogP contribution < -0.4 is 4.46 Å². The number of piperidine rings is 1. The molecule has 0 radical (unpaired) electrons. The van der Waals surface area contributed by atoms with Gasteiger partial charge in [-0.25, -0.2) is 0 Å². The average molecular weight is 483 g/mol. The summed E-state index contributed by atoms with van der Waals surface area (Å²) < 4.78 is 3.15. The van der Waals surface area contributed by atoms with Crippen LogP contribution in [-0.2, 0) is 6.54 Å². The number of hydrogen-bond donors (Lipinski definition) is 0. The Balaban J connectivity index is 1.49. The van der Waals surface area contributed by atoms with E-state index in [1.807, 2.05) is 0 Å². The molecule has 0 amide bonds. The Morgan fingerprint density at radius 3 is 2.26 bits per heavy atom. The Kier molecular flexibility index (Phi) is 4.73. The van der Waals surface area contributed by atoms with Gasteiger partial charge in [0, 0.05) is 0 Å². The Bertz CT molecular complexity index is 912. The Morgan fingerprint density at radius 2 is 1.56 bits per heavy atom. The van der Waals surface area contributed by atoms with E-state index in [0.717, 1.165) is 16.9 Å². The molecule has 3 aromatic rings. The molecule has 3 heteroatoms. The monoisotopic (exact) mass is 483 g/mol. The van der Waals surface area contributed by atoms with Crippen molar-refractivity contribution in [2.45, 2.75) is 23.3 Å². The van der Waals surface area contributed by atoms with Crippen LogP contribution in [0.5, 0.6) is 0 Å². The van der Waals surface area contributed by atoms with Gasteiger partial charge in [-0.05, 0) is 0 Å². The molecular formula is C24H22BrNSe. The molecular weight excluding hydrogens is 461 g/mol. The van der Waals surface area contributed by atoms with Crippen molar-refractivity contribution in [1.82, 2.24) is 4.90 Å². The van der Waals surface area contributed by atoms with Crippen LogP contribution in [0.25, 0.3) is 0 Å². The minimum atomic E-state index is 0.455. The van der Waals surface area contributed by atoms with Crippen molar-refractivity contribution in [3.8, 4) is 0 Å². The predicted octanol–water partition coefficient (Wildman–Crippen LogP) is 5.21. The fourth-order valence-corrected chi connectivity index (χ4v) is 8.31. The molecule has 2 aliphatic rings. The average Bonchev–Trinajstić information content (AvgIpc) is 3.29. The fourth-order valence-electron chi connectivity index (χ4n) is 4.58. The summed E-state index contributed by atoms with van der Waals surface area (Å²) in [7, 11) is 0. The molecule has 0 unspecified atom stereocenters. The first-order chi connectivity index (χ1) is 13.2. The number of nitrogens with zero attached hydrogens (tertiary/aromatic N) is 1. The topological polar surface area (TPSA) is 3.24 Å². The predicted molar refractivity (Wildman–Crippen MR) is 116 cm³/mol. The van der Waals surface area contributed by atoms with Crippen molar-refractivity contribution < 1.29 is 0 Å². The quantitative estimate of drug-likeness (QED) is 0.451. The Hall–Kier alpha value is -1.38. The van der Waals surface area contributed by atoms with Crippen LogP contribution in [0, 0.1) is 5.92 Å². The summed E-state index contributed by atoms with van der Waals surface area (Å²) in [5.41, 5.74) is 2.90. The van der Waals surface area contributed by atoms with E-state index in [1.165, 1.54) is 28.6 Å².